The van der Waals surface area contributed by atoms with Crippen LogP contribution in [-0.4, -0.2) is 13.6 Å². The van der Waals surface area contributed by atoms with E-state index in [1.807, 2.05) is 42.5 Å². The van der Waals surface area contributed by atoms with Crippen molar-refractivity contribution in [2.24, 2.45) is 0 Å². The van der Waals surface area contributed by atoms with E-state index in [0.717, 1.165) is 21.5 Å². The maximum atomic E-state index is 9.65. The van der Waals surface area contributed by atoms with Gasteiger partial charge in [-0.1, -0.05) is 116 Å². The zero-order valence-corrected chi connectivity index (χ0v) is 22.9. The highest BCUT2D eigenvalue weighted by Gasteiger charge is 2.28. The Morgan fingerprint density at radius 2 is 1.43 bits per heavy atom. The summed E-state index contributed by atoms with van der Waals surface area (Å²) < 4.78 is 8.27. The van der Waals surface area contributed by atoms with Crippen molar-refractivity contribution in [3.05, 3.63) is 111 Å². The Kier molecular flexibility index (Phi) is 7.76. The number of benzene rings is 3. The molecule has 0 aliphatic rings. The van der Waals surface area contributed by atoms with Gasteiger partial charge in [0, 0.05) is 0 Å². The van der Waals surface area contributed by atoms with E-state index >= 15 is 0 Å². The summed E-state index contributed by atoms with van der Waals surface area (Å²) in [4.78, 5) is 0. The van der Waals surface area contributed by atoms with E-state index in [1.165, 1.54) is 0 Å². The van der Waals surface area contributed by atoms with Gasteiger partial charge in [-0.2, -0.15) is 5.26 Å². The highest BCUT2D eigenvalue weighted by molar-refractivity contribution is 6.80. The average Bonchev–Trinajstić information content (AvgIpc) is 3.21. The molecular formula is C28H24Cl3N2OSi. The van der Waals surface area contributed by atoms with Crippen LogP contribution in [0.1, 0.15) is 37.6 Å². The van der Waals surface area contributed by atoms with Gasteiger partial charge in [0.2, 0.25) is 0 Å². The van der Waals surface area contributed by atoms with Crippen molar-refractivity contribution in [3.63, 3.8) is 0 Å². The first-order chi connectivity index (χ1) is 16.7. The van der Waals surface area contributed by atoms with Gasteiger partial charge in [0.05, 0.1) is 22.3 Å². The molecule has 7 heteroatoms. The van der Waals surface area contributed by atoms with Crippen LogP contribution in [0.3, 0.4) is 0 Å². The molecule has 0 fully saturated rings. The van der Waals surface area contributed by atoms with Crippen LogP contribution in [0.15, 0.2) is 78.9 Å². The van der Waals surface area contributed by atoms with Crippen LogP contribution in [-0.2, 0) is 16.4 Å². The minimum Gasteiger partial charge on any atom is -0.403 e. The molecule has 0 aliphatic carbocycles. The van der Waals surface area contributed by atoms with E-state index in [0.29, 0.717) is 26.6 Å². The second-order valence-corrected chi connectivity index (χ2v) is 12.4. The van der Waals surface area contributed by atoms with Crippen molar-refractivity contribution in [2.45, 2.75) is 32.8 Å². The molecule has 177 valence electrons. The summed E-state index contributed by atoms with van der Waals surface area (Å²) in [5.41, 5.74) is 2.24. The number of nitriles is 1. The topological polar surface area (TPSA) is 38.0 Å². The van der Waals surface area contributed by atoms with Crippen molar-refractivity contribution in [1.29, 1.82) is 5.26 Å². The lowest BCUT2D eigenvalue weighted by atomic mass is 9.85. The molecule has 0 amide bonds. The van der Waals surface area contributed by atoms with Crippen LogP contribution in [0.25, 0.3) is 5.69 Å². The van der Waals surface area contributed by atoms with Gasteiger partial charge in [0.1, 0.15) is 16.9 Å². The lowest BCUT2D eigenvalue weighted by Crippen LogP contribution is -2.44. The second kappa shape index (κ2) is 10.6. The Balaban J connectivity index is 1.82. The summed E-state index contributed by atoms with van der Waals surface area (Å²) in [6.45, 7) is 6.45. The summed E-state index contributed by atoms with van der Waals surface area (Å²) in [7, 11) is -1.54. The average molecular weight is 539 g/mol. The molecule has 0 unspecified atom stereocenters. The lowest BCUT2D eigenvalue weighted by Gasteiger charge is -2.27. The molecule has 0 saturated carbocycles. The fourth-order valence-electron chi connectivity index (χ4n) is 4.01. The predicted molar refractivity (Wildman–Crippen MR) is 147 cm³/mol. The maximum absolute atomic E-state index is 9.65. The molecule has 0 saturated heterocycles. The van der Waals surface area contributed by atoms with E-state index in [4.69, 9.17) is 39.2 Å². The zero-order chi connectivity index (χ0) is 25.2. The summed E-state index contributed by atoms with van der Waals surface area (Å²) in [5, 5.41) is 13.4. The van der Waals surface area contributed by atoms with E-state index in [1.54, 1.807) is 16.7 Å². The highest BCUT2D eigenvalue weighted by Crippen LogP contribution is 2.42. The SMILES string of the molecule is CC(C)(C)c1c(Cl)c(CO[Si](c2ccccc2)c2ccccc2)cc(-n2c(Cl)ccc2C#N)c1Cl. The number of hydrogen-bond acceptors (Lipinski definition) is 2. The molecule has 4 rings (SSSR count). The van der Waals surface area contributed by atoms with Gasteiger partial charge in [-0.15, -0.1) is 0 Å². The monoisotopic (exact) mass is 537 g/mol. The molecule has 0 aliphatic heterocycles. The van der Waals surface area contributed by atoms with Crippen LogP contribution in [0, 0.1) is 11.3 Å². The molecule has 3 nitrogen and oxygen atoms in total. The van der Waals surface area contributed by atoms with Crippen molar-refractivity contribution >= 4 is 54.2 Å². The minimum absolute atomic E-state index is 0.283. The quantitative estimate of drug-likeness (QED) is 0.250. The number of nitrogens with zero attached hydrogens (tertiary/aromatic N) is 2. The van der Waals surface area contributed by atoms with Gasteiger partial charge in [-0.25, -0.2) is 0 Å². The van der Waals surface area contributed by atoms with Crippen LogP contribution in [0.2, 0.25) is 15.2 Å². The van der Waals surface area contributed by atoms with E-state index in [2.05, 4.69) is 51.1 Å². The van der Waals surface area contributed by atoms with Gasteiger partial charge in [0.25, 0.3) is 9.04 Å². The largest absolute Gasteiger partial charge is 0.403 e. The van der Waals surface area contributed by atoms with Crippen molar-refractivity contribution < 1.29 is 4.43 Å². The Hall–Kier alpha value is -2.52. The number of aromatic nitrogens is 1. The number of hydrogen-bond donors (Lipinski definition) is 0. The molecule has 0 N–H and O–H groups in total. The van der Waals surface area contributed by atoms with Crippen LogP contribution in [0.4, 0.5) is 0 Å². The molecule has 0 atom stereocenters. The molecule has 0 bridgehead atoms. The predicted octanol–water partition coefficient (Wildman–Crippen LogP) is 6.93. The smallest absolute Gasteiger partial charge is 0.283 e. The normalized spacial score (nSPS) is 11.6. The lowest BCUT2D eigenvalue weighted by molar-refractivity contribution is 0.321. The molecule has 0 spiro atoms. The van der Waals surface area contributed by atoms with Crippen LogP contribution in [0.5, 0.6) is 0 Å². The zero-order valence-electron chi connectivity index (χ0n) is 19.6. The maximum Gasteiger partial charge on any atom is 0.283 e. The van der Waals surface area contributed by atoms with Gasteiger partial charge < -0.3 is 4.43 Å². The molecule has 3 aromatic carbocycles. The Labute approximate surface area is 223 Å². The second-order valence-electron chi connectivity index (χ2n) is 9.15. The summed E-state index contributed by atoms with van der Waals surface area (Å²) in [5.74, 6) is 0. The molecule has 1 aromatic heterocycles. The van der Waals surface area contributed by atoms with Gasteiger partial charge >= 0.3 is 0 Å². The van der Waals surface area contributed by atoms with E-state index < -0.39 is 9.04 Å². The van der Waals surface area contributed by atoms with E-state index in [9.17, 15) is 5.26 Å². The Morgan fingerprint density at radius 1 is 0.857 bits per heavy atom. The summed E-state index contributed by atoms with van der Waals surface area (Å²) >= 11 is 20.3. The van der Waals surface area contributed by atoms with Gasteiger partial charge in [0.15, 0.2) is 0 Å². The third-order valence-electron chi connectivity index (χ3n) is 5.64. The van der Waals surface area contributed by atoms with Crippen LogP contribution < -0.4 is 10.4 Å². The summed E-state index contributed by atoms with van der Waals surface area (Å²) in [6, 6.07) is 27.9. The molecule has 1 radical (unpaired) electrons. The first-order valence-electron chi connectivity index (χ1n) is 11.1. The fourth-order valence-corrected chi connectivity index (χ4v) is 7.26. The Morgan fingerprint density at radius 3 is 1.94 bits per heavy atom. The number of rotatable bonds is 6. The van der Waals surface area contributed by atoms with Crippen molar-refractivity contribution in [1.82, 2.24) is 4.57 Å². The molecule has 4 aromatic rings. The van der Waals surface area contributed by atoms with Gasteiger partial charge in [-0.3, -0.25) is 4.57 Å². The number of halogens is 3. The van der Waals surface area contributed by atoms with E-state index in [-0.39, 0.29) is 12.0 Å². The van der Waals surface area contributed by atoms with Crippen LogP contribution >= 0.6 is 34.8 Å². The van der Waals surface area contributed by atoms with Gasteiger partial charge in [-0.05, 0) is 45.1 Å². The molecule has 35 heavy (non-hydrogen) atoms. The highest BCUT2D eigenvalue weighted by atomic mass is 35.5. The first kappa shape index (κ1) is 25.6. The summed E-state index contributed by atoms with van der Waals surface area (Å²) in [6.07, 6.45) is 0. The third-order valence-corrected chi connectivity index (χ3v) is 8.90. The fraction of sp³-hybridized carbons (Fsp3) is 0.179. The molecular weight excluding hydrogens is 515 g/mol. The standard InChI is InChI=1S/C28H24Cl3N2OSi/c1-28(2,3)25-26(30)19(16-23(27(25)31)33-20(17-32)14-15-24(33)29)18-34-35(21-10-6-4-7-11-21)22-12-8-5-9-13-22/h4-16H,18H2,1-3H3. The molecule has 1 heterocycles. The third kappa shape index (κ3) is 5.35. The Bertz CT molecular complexity index is 1330. The van der Waals surface area contributed by atoms with Crippen molar-refractivity contribution in [2.75, 3.05) is 0 Å². The van der Waals surface area contributed by atoms with Crippen molar-refractivity contribution in [3.8, 4) is 11.8 Å². The minimum atomic E-state index is -1.54. The first-order valence-corrected chi connectivity index (χ1v) is 13.7.